The third-order valence-corrected chi connectivity index (χ3v) is 6.17. The molecule has 0 N–H and O–H groups in total. The van der Waals surface area contributed by atoms with Gasteiger partial charge in [-0.3, -0.25) is 4.79 Å². The average Bonchev–Trinajstić information content (AvgIpc) is 3.32. The Morgan fingerprint density at radius 2 is 2.14 bits per heavy atom. The van der Waals surface area contributed by atoms with Gasteiger partial charge in [0.25, 0.3) is 0 Å². The van der Waals surface area contributed by atoms with Crippen LogP contribution in [0.2, 0.25) is 5.02 Å². The topological polar surface area (TPSA) is 69.4 Å². The van der Waals surface area contributed by atoms with Crippen LogP contribution >= 0.6 is 34.3 Å². The van der Waals surface area contributed by atoms with Crippen LogP contribution in [0, 0.1) is 6.92 Å². The van der Waals surface area contributed by atoms with Gasteiger partial charge in [0.2, 0.25) is 0 Å². The van der Waals surface area contributed by atoms with Crippen molar-refractivity contribution in [1.29, 1.82) is 0 Å². The lowest BCUT2D eigenvalue weighted by molar-refractivity contribution is -0.144. The second-order valence-electron chi connectivity index (χ2n) is 6.18. The largest absolute Gasteiger partial charge is 0.460 e. The van der Waals surface area contributed by atoms with E-state index in [0.29, 0.717) is 27.2 Å². The lowest BCUT2D eigenvalue weighted by Gasteiger charge is -2.08. The van der Waals surface area contributed by atoms with Gasteiger partial charge in [0.1, 0.15) is 17.2 Å². The summed E-state index contributed by atoms with van der Waals surface area (Å²) < 4.78 is 10.6. The highest BCUT2D eigenvalue weighted by molar-refractivity contribution is 7.14. The number of aromatic nitrogens is 1. The Morgan fingerprint density at radius 1 is 1.29 bits per heavy atom. The fraction of sp³-hybridized carbons (Fsp3) is 0.150. The molecule has 0 saturated carbocycles. The third-order valence-electron chi connectivity index (χ3n) is 4.14. The van der Waals surface area contributed by atoms with E-state index in [1.807, 2.05) is 29.1 Å². The van der Waals surface area contributed by atoms with Gasteiger partial charge in [-0.2, -0.15) is 11.3 Å². The average molecular weight is 432 g/mol. The normalized spacial score (nSPS) is 11.1. The highest BCUT2D eigenvalue weighted by Gasteiger charge is 2.13. The maximum atomic E-state index is 12.2. The molecule has 1 aromatic carbocycles. The van der Waals surface area contributed by atoms with Crippen molar-refractivity contribution in [3.05, 3.63) is 72.7 Å². The van der Waals surface area contributed by atoms with E-state index >= 15 is 0 Å². The lowest BCUT2D eigenvalue weighted by Crippen LogP contribution is -2.10. The number of hydrogen-bond acceptors (Lipinski definition) is 7. The van der Waals surface area contributed by atoms with Crippen LogP contribution in [0.3, 0.4) is 0 Å². The zero-order valence-corrected chi connectivity index (χ0v) is 17.1. The molecule has 0 bridgehead atoms. The van der Waals surface area contributed by atoms with E-state index in [2.05, 4.69) is 4.98 Å². The molecule has 0 radical (unpaired) electrons. The number of esters is 1. The molecular formula is C20H14ClNO4S2. The van der Waals surface area contributed by atoms with Gasteiger partial charge < -0.3 is 9.15 Å². The minimum absolute atomic E-state index is 0.0398. The van der Waals surface area contributed by atoms with Gasteiger partial charge in [-0.05, 0) is 36.1 Å². The number of nitrogens with zero attached hydrogens (tertiary/aromatic N) is 1. The van der Waals surface area contributed by atoms with Gasteiger partial charge in [-0.15, -0.1) is 11.3 Å². The van der Waals surface area contributed by atoms with Crippen molar-refractivity contribution >= 4 is 51.2 Å². The van der Waals surface area contributed by atoms with Crippen LogP contribution in [0.15, 0.2) is 49.6 Å². The van der Waals surface area contributed by atoms with Crippen molar-refractivity contribution < 1.29 is 13.9 Å². The number of fused-ring (bicyclic) bond motifs is 1. The highest BCUT2D eigenvalue weighted by Crippen LogP contribution is 2.27. The van der Waals surface area contributed by atoms with Crippen molar-refractivity contribution in [2.45, 2.75) is 20.0 Å². The maximum absolute atomic E-state index is 12.2. The SMILES string of the molecule is Cc1cc2oc(=O)cc(COC(=O)Cc3csc(-c4ccsc4)n3)c2cc1Cl. The van der Waals surface area contributed by atoms with Crippen molar-refractivity contribution in [1.82, 2.24) is 4.98 Å². The molecule has 0 aliphatic rings. The van der Waals surface area contributed by atoms with Crippen molar-refractivity contribution in [2.75, 3.05) is 0 Å². The van der Waals surface area contributed by atoms with E-state index < -0.39 is 11.6 Å². The Morgan fingerprint density at radius 3 is 2.93 bits per heavy atom. The molecule has 0 aliphatic heterocycles. The van der Waals surface area contributed by atoms with E-state index in [1.165, 1.54) is 17.4 Å². The van der Waals surface area contributed by atoms with Gasteiger partial charge in [0, 0.05) is 38.4 Å². The van der Waals surface area contributed by atoms with E-state index in [0.717, 1.165) is 16.1 Å². The molecule has 0 unspecified atom stereocenters. The summed E-state index contributed by atoms with van der Waals surface area (Å²) in [6, 6.07) is 6.72. The summed E-state index contributed by atoms with van der Waals surface area (Å²) in [5.74, 6) is -0.415. The van der Waals surface area contributed by atoms with Crippen molar-refractivity contribution in [2.24, 2.45) is 0 Å². The summed E-state index contributed by atoms with van der Waals surface area (Å²) in [6.45, 7) is 1.79. The number of carbonyl (C=O) groups is 1. The Labute approximate surface area is 173 Å². The molecule has 28 heavy (non-hydrogen) atoms. The zero-order valence-electron chi connectivity index (χ0n) is 14.7. The molecule has 0 spiro atoms. The fourth-order valence-electron chi connectivity index (χ4n) is 2.73. The first-order valence-corrected chi connectivity index (χ1v) is 10.5. The van der Waals surface area contributed by atoms with E-state index in [4.69, 9.17) is 20.8 Å². The van der Waals surface area contributed by atoms with E-state index in [1.54, 1.807) is 23.5 Å². The maximum Gasteiger partial charge on any atom is 0.336 e. The van der Waals surface area contributed by atoms with Crippen LogP contribution in [-0.4, -0.2) is 11.0 Å². The molecule has 5 nitrogen and oxygen atoms in total. The summed E-state index contributed by atoms with van der Waals surface area (Å²) in [4.78, 5) is 28.5. The summed E-state index contributed by atoms with van der Waals surface area (Å²) in [6.07, 6.45) is 0.0693. The Bertz CT molecular complexity index is 1210. The Balaban J connectivity index is 1.48. The first-order valence-electron chi connectivity index (χ1n) is 8.35. The minimum Gasteiger partial charge on any atom is -0.460 e. The van der Waals surface area contributed by atoms with Gasteiger partial charge in [-0.25, -0.2) is 9.78 Å². The molecule has 3 heterocycles. The summed E-state index contributed by atoms with van der Waals surface area (Å²) in [5.41, 5.74) is 2.98. The van der Waals surface area contributed by atoms with E-state index in [-0.39, 0.29) is 13.0 Å². The van der Waals surface area contributed by atoms with Crippen LogP contribution in [-0.2, 0) is 22.6 Å². The van der Waals surface area contributed by atoms with Crippen LogP contribution in [0.1, 0.15) is 16.8 Å². The molecule has 0 saturated heterocycles. The predicted octanol–water partition coefficient (Wildman–Crippen LogP) is 5.23. The molecular weight excluding hydrogens is 418 g/mol. The smallest absolute Gasteiger partial charge is 0.336 e. The first kappa shape index (κ1) is 18.9. The van der Waals surface area contributed by atoms with Gasteiger partial charge >= 0.3 is 11.6 Å². The molecule has 0 aliphatic carbocycles. The standard InChI is InChI=1S/C20H14ClNO4S2/c1-11-4-17-15(7-16(11)21)13(5-19(24)26-17)8-25-18(23)6-14-10-28-20(22-14)12-2-3-27-9-12/h2-5,7,9-10H,6,8H2,1H3. The molecule has 8 heteroatoms. The molecule has 0 amide bonds. The summed E-state index contributed by atoms with van der Waals surface area (Å²) >= 11 is 9.27. The molecule has 3 aromatic heterocycles. The molecule has 0 fully saturated rings. The number of benzene rings is 1. The van der Waals surface area contributed by atoms with Gasteiger partial charge in [0.15, 0.2) is 0 Å². The Hall–Kier alpha value is -2.48. The van der Waals surface area contributed by atoms with Crippen LogP contribution in [0.25, 0.3) is 21.5 Å². The number of rotatable bonds is 5. The quantitative estimate of drug-likeness (QED) is 0.320. The Kier molecular flexibility index (Phi) is 5.30. The van der Waals surface area contributed by atoms with Gasteiger partial charge in [-0.1, -0.05) is 11.6 Å². The molecule has 0 atom stereocenters. The number of carbonyl (C=O) groups excluding carboxylic acids is 1. The number of thiazole rings is 1. The van der Waals surface area contributed by atoms with E-state index in [9.17, 15) is 9.59 Å². The van der Waals surface area contributed by atoms with Gasteiger partial charge in [0.05, 0.1) is 12.1 Å². The van der Waals surface area contributed by atoms with Crippen LogP contribution < -0.4 is 5.63 Å². The molecule has 4 rings (SSSR count). The molecule has 4 aromatic rings. The second kappa shape index (κ2) is 7.87. The lowest BCUT2D eigenvalue weighted by atomic mass is 10.1. The second-order valence-corrected chi connectivity index (χ2v) is 8.23. The van der Waals surface area contributed by atoms with Crippen molar-refractivity contribution in [3.63, 3.8) is 0 Å². The third kappa shape index (κ3) is 4.01. The van der Waals surface area contributed by atoms with Crippen molar-refractivity contribution in [3.8, 4) is 10.6 Å². The number of thiophene rings is 1. The van der Waals surface area contributed by atoms with Crippen LogP contribution in [0.5, 0.6) is 0 Å². The first-order chi connectivity index (χ1) is 13.5. The van der Waals surface area contributed by atoms with Crippen LogP contribution in [0.4, 0.5) is 0 Å². The number of aryl methyl sites for hydroxylation is 1. The zero-order chi connectivity index (χ0) is 19.7. The molecule has 142 valence electrons. The highest BCUT2D eigenvalue weighted by atomic mass is 35.5. The minimum atomic E-state index is -0.500. The number of ether oxygens (including phenoxy) is 1. The predicted molar refractivity (Wildman–Crippen MR) is 111 cm³/mol. The summed E-state index contributed by atoms with van der Waals surface area (Å²) in [7, 11) is 0. The monoisotopic (exact) mass is 431 g/mol. The fourth-order valence-corrected chi connectivity index (χ4v) is 4.43. The number of hydrogen-bond donors (Lipinski definition) is 0. The number of halogens is 1. The summed E-state index contributed by atoms with van der Waals surface area (Å²) in [5, 5.41) is 7.93.